The molecule has 1 aliphatic rings. The standard InChI is InChI=1S/C51H71BrN6O9.C49H61BrF6N8O8.ClH/c1-11-35(27-44(59)42(25-32(5)6)57(10)49(63)40(54)12-2)47(61)56(9)43(26-37-30-58(41-17-14-13-16-39(37)41)29-34-19-21-38(52)22-20-34)45(60)28-36(24-31(3)4)48(62)55(8)33(7)51(66)67-46(50(64)65)18-15-23-53;1-27(2)20-34-44(68)61(6)29(5)47(71)72-40(14-11-19-57)43(67)60-36(24-49(54,55)56)46(70)62(7)38(21-28(3)4)41(65)59-35(23-48(51,52)53)45(69)63(8)39(42(66)58-34)22-31-26-64(37-13-10-9-12-33(31)37)25-30-15-17-32(50)18-16-30;/h13-14,16-17,19-22,30-33,35-36,40,42-43,46H,11-12,15,18,24-29,54H2,1-10H3,(H,64,65);9-10,12-13,15-18,26-29,34-36,38-40H,11,14,20-25H2,1-8H3,(H,58,66)(H,59,65)(H,60,67);1H/t33-,35+,36+,40-,42-,43-,46+;29-,34-,35-,36-,38-,39-,40+;/m00./s1. The molecular weight excluding hydrogens is 1980 g/mol. The lowest BCUT2D eigenvalue weighted by molar-refractivity contribution is -0.169. The molecule has 40 heteroatoms. The molecule has 3 heterocycles. The van der Waals surface area contributed by atoms with Crippen LogP contribution in [0.4, 0.5) is 26.3 Å². The number of halogens is 9. The fraction of sp³-hybridized carbons (Fsp3) is 0.560. The number of Topliss-reactive ketones (excluding diaryl/α,β-unsaturated/α-hetero) is 2. The highest BCUT2D eigenvalue weighted by Gasteiger charge is 2.47. The Kier molecular flexibility index (Phi) is 46.5. The van der Waals surface area contributed by atoms with Gasteiger partial charge in [0.1, 0.15) is 42.3 Å². The minimum Gasteiger partial charge on any atom is -0.479 e. The normalized spacial score (nSPS) is 18.9. The van der Waals surface area contributed by atoms with Crippen molar-refractivity contribution in [2.75, 3.05) is 42.3 Å². The third kappa shape index (κ3) is 34.6. The number of hydrogen-bond donors (Lipinski definition) is 5. The van der Waals surface area contributed by atoms with Crippen molar-refractivity contribution in [3.63, 3.8) is 0 Å². The molecule has 1 aliphatic heterocycles. The Balaban J connectivity index is 0.000000492. The summed E-state index contributed by atoms with van der Waals surface area (Å²) in [6, 6.07) is 18.5. The van der Waals surface area contributed by atoms with Crippen molar-refractivity contribution in [1.82, 2.24) is 54.5 Å². The molecule has 14 atom stereocenters. The van der Waals surface area contributed by atoms with Gasteiger partial charge in [0.2, 0.25) is 47.3 Å². The zero-order valence-corrected chi connectivity index (χ0v) is 86.5. The molecule has 1 saturated heterocycles. The number of benzene rings is 4. The molecule has 0 radical (unpaired) electrons. The van der Waals surface area contributed by atoms with E-state index in [2.05, 4.69) is 47.1 Å². The lowest BCUT2D eigenvalue weighted by Crippen LogP contribution is -2.61. The van der Waals surface area contributed by atoms with E-state index in [4.69, 9.17) is 20.5 Å². The molecule has 0 spiro atoms. The van der Waals surface area contributed by atoms with Crippen LogP contribution < -0.4 is 21.7 Å². The van der Waals surface area contributed by atoms with Gasteiger partial charge < -0.3 is 74.8 Å². The zero-order valence-electron chi connectivity index (χ0n) is 82.5. The summed E-state index contributed by atoms with van der Waals surface area (Å²) in [5, 5.41) is 36.0. The molecule has 140 heavy (non-hydrogen) atoms. The number of ketones is 2. The first-order valence-electron chi connectivity index (χ1n) is 46.5. The average Bonchev–Trinajstić information content (AvgIpc) is 1.63. The molecule has 6 N–H and O–H groups in total. The van der Waals surface area contributed by atoms with Gasteiger partial charge in [-0.3, -0.25) is 52.7 Å². The van der Waals surface area contributed by atoms with Crippen molar-refractivity contribution >= 4 is 149 Å². The number of hydrogen-bond acceptors (Lipinski definition) is 19. The molecule has 7 rings (SSSR count). The molecule has 768 valence electrons. The first kappa shape index (κ1) is 119. The van der Waals surface area contributed by atoms with Crippen molar-refractivity contribution in [3.8, 4) is 12.1 Å². The average molecular weight is 2110 g/mol. The second-order valence-corrected chi connectivity index (χ2v) is 39.3. The smallest absolute Gasteiger partial charge is 0.391 e. The summed E-state index contributed by atoms with van der Waals surface area (Å²) in [5.74, 6) is -16.0. The van der Waals surface area contributed by atoms with E-state index in [1.165, 1.54) is 37.7 Å². The van der Waals surface area contributed by atoms with Crippen LogP contribution in [0.3, 0.4) is 0 Å². The number of aliphatic carboxylic acids is 1. The van der Waals surface area contributed by atoms with Crippen LogP contribution in [0.15, 0.2) is 118 Å². The Morgan fingerprint density at radius 2 is 0.986 bits per heavy atom. The van der Waals surface area contributed by atoms with E-state index < -0.39 is 199 Å². The number of aromatic nitrogens is 2. The minimum absolute atomic E-state index is 0. The zero-order chi connectivity index (χ0) is 104. The molecule has 2 aromatic heterocycles. The number of amides is 9. The highest BCUT2D eigenvalue weighted by Crippen LogP contribution is 2.34. The van der Waals surface area contributed by atoms with Crippen molar-refractivity contribution in [2.24, 2.45) is 41.2 Å². The molecule has 0 bridgehead atoms. The number of carbonyl (C=O) groups excluding carboxylic acids is 13. The molecule has 0 aliphatic carbocycles. The molecule has 0 unspecified atom stereocenters. The third-order valence-electron chi connectivity index (χ3n) is 24.8. The lowest BCUT2D eigenvalue weighted by atomic mass is 9.86. The molecule has 9 amide bonds. The fourth-order valence-corrected chi connectivity index (χ4v) is 17.2. The SMILES string of the molecule is CC(C)C[C@@H]1NC(=O)[C@H](Cc2cn(Cc3ccc(Br)cc3)c3ccccc23)N(C)C(=O)[C@H](CC(F)(F)F)NC(=O)[C@H](CC(C)C)N(C)C(=O)[C@H](CC(F)(F)F)NC(=O)[C@@H](CCC#N)OC(=O)[C@H](C)N(C)C1=O.CC[C@H](CC(=O)[C@H](CC(C)C)N(C)C(=O)[C@@H](N)CC)C(=O)N(C)[C@@H](Cc1cn(Cc2ccc(Br)cc2)c2ccccc12)C(=O)C[C@@H](CC(C)C)C(=O)N(C)[C@@H](C)C(=O)O[C@H](CCC#N)C(=O)O.Cl. The van der Waals surface area contributed by atoms with Crippen LogP contribution in [0, 0.1) is 58.2 Å². The number of ether oxygens (including phenoxy) is 2. The van der Waals surface area contributed by atoms with Crippen molar-refractivity contribution in [1.29, 1.82) is 10.5 Å². The van der Waals surface area contributed by atoms with Gasteiger partial charge in [-0.15, -0.1) is 12.4 Å². The second kappa shape index (κ2) is 54.6. The van der Waals surface area contributed by atoms with Gasteiger partial charge in [0.25, 0.3) is 5.91 Å². The molecule has 31 nitrogen and oxygen atoms in total. The quantitative estimate of drug-likeness (QED) is 0.0177. The second-order valence-electron chi connectivity index (χ2n) is 37.5. The maximum absolute atomic E-state index is 15.0. The monoisotopic (exact) mass is 2110 g/mol. The maximum atomic E-state index is 15.0. The van der Waals surface area contributed by atoms with Gasteiger partial charge in [0, 0.05) is 162 Å². The van der Waals surface area contributed by atoms with Crippen LogP contribution in [0.25, 0.3) is 21.8 Å². The topological polar surface area (TPSA) is 417 Å². The van der Waals surface area contributed by atoms with Gasteiger partial charge in [-0.05, 0) is 135 Å². The Labute approximate surface area is 837 Å². The van der Waals surface area contributed by atoms with Crippen LogP contribution >= 0.6 is 44.3 Å². The van der Waals surface area contributed by atoms with Gasteiger partial charge in [-0.1, -0.05) is 162 Å². The van der Waals surface area contributed by atoms with Crippen LogP contribution in [-0.4, -0.2) is 254 Å². The lowest BCUT2D eigenvalue weighted by Gasteiger charge is -2.35. The van der Waals surface area contributed by atoms with Gasteiger partial charge in [-0.2, -0.15) is 36.9 Å². The Morgan fingerprint density at radius 1 is 0.550 bits per heavy atom. The number of nitrogens with two attached hydrogens (primary N) is 1. The summed E-state index contributed by atoms with van der Waals surface area (Å²) in [6.45, 7) is 21.3. The number of esters is 2. The Hall–Kier alpha value is -11.3. The molecular formula is C100H133Br2ClF6N14O17. The third-order valence-corrected chi connectivity index (χ3v) is 25.8. The first-order valence-corrected chi connectivity index (χ1v) is 48.1. The molecule has 4 aromatic carbocycles. The number of alkyl halides is 6. The highest BCUT2D eigenvalue weighted by molar-refractivity contribution is 9.10. The number of fused-ring (bicyclic) bond motifs is 2. The molecule has 6 aromatic rings. The number of carboxylic acid groups (broad SMARTS) is 1. The van der Waals surface area contributed by atoms with E-state index in [-0.39, 0.29) is 106 Å². The summed E-state index contributed by atoms with van der Waals surface area (Å²) in [7, 11) is 7.63. The van der Waals surface area contributed by atoms with E-state index in [1.54, 1.807) is 86.1 Å². The number of nitrogens with one attached hydrogen (secondary N) is 3. The number of nitrogens with zero attached hydrogens (tertiary/aromatic N) is 10. The van der Waals surface area contributed by atoms with Gasteiger partial charge >= 0.3 is 30.3 Å². The minimum atomic E-state index is -5.15. The maximum Gasteiger partial charge on any atom is 0.391 e. The first-order chi connectivity index (χ1) is 65.1. The molecule has 1 fully saturated rings. The number of carboxylic acids is 1. The Morgan fingerprint density at radius 3 is 1.46 bits per heavy atom. The summed E-state index contributed by atoms with van der Waals surface area (Å²) in [5.41, 5.74) is 10.9. The summed E-state index contributed by atoms with van der Waals surface area (Å²) < 4.78 is 102. The highest BCUT2D eigenvalue weighted by atomic mass is 79.9. The Bertz CT molecular complexity index is 5370. The van der Waals surface area contributed by atoms with Crippen LogP contribution in [-0.2, 0) is 103 Å². The number of cyclic esters (lactones) is 1. The van der Waals surface area contributed by atoms with Crippen molar-refractivity contribution in [3.05, 3.63) is 141 Å². The number of nitriles is 2. The van der Waals surface area contributed by atoms with Crippen LogP contribution in [0.2, 0.25) is 0 Å². The van der Waals surface area contributed by atoms with Gasteiger partial charge in [0.15, 0.2) is 23.8 Å². The fourth-order valence-electron chi connectivity index (χ4n) is 16.7. The predicted octanol–water partition coefficient (Wildman–Crippen LogP) is 13.8. The van der Waals surface area contributed by atoms with Crippen LogP contribution in [0.1, 0.15) is 195 Å². The largest absolute Gasteiger partial charge is 0.479 e. The van der Waals surface area contributed by atoms with Crippen LogP contribution in [0.5, 0.6) is 0 Å². The van der Waals surface area contributed by atoms with E-state index in [1.807, 2.05) is 129 Å². The van der Waals surface area contributed by atoms with Crippen molar-refractivity contribution in [2.45, 2.75) is 284 Å². The molecule has 0 saturated carbocycles. The van der Waals surface area contributed by atoms with E-state index >= 15 is 4.79 Å². The summed E-state index contributed by atoms with van der Waals surface area (Å²) in [4.78, 5) is 202. The number of rotatable bonds is 39. The van der Waals surface area contributed by atoms with Gasteiger partial charge in [-0.25, -0.2) is 14.4 Å². The number of carbonyl (C=O) groups is 14. The summed E-state index contributed by atoms with van der Waals surface area (Å²) >= 11 is 6.93. The summed E-state index contributed by atoms with van der Waals surface area (Å²) in [6.07, 6.45) is -15.4. The predicted molar refractivity (Wildman–Crippen MR) is 523 cm³/mol. The number of likely N-dealkylation sites (N-methyl/N-ethyl adjacent to an activating group) is 6. The van der Waals surface area contributed by atoms with Gasteiger partial charge in [0.05, 0.1) is 43.1 Å². The van der Waals surface area contributed by atoms with E-state index in [9.17, 15) is 99.0 Å². The van der Waals surface area contributed by atoms with Crippen molar-refractivity contribution < 1.29 is 108 Å². The van der Waals surface area contributed by atoms with E-state index in [0.717, 1.165) is 65.3 Å². The van der Waals surface area contributed by atoms with E-state index in [0.29, 0.717) is 47.3 Å². The number of para-hydroxylation sites is 2.